The second-order valence-corrected chi connectivity index (χ2v) is 6.39. The Balaban J connectivity index is 2.06. The van der Waals surface area contributed by atoms with Crippen LogP contribution in [0, 0.1) is 6.92 Å². The van der Waals surface area contributed by atoms with Crippen molar-refractivity contribution in [3.63, 3.8) is 0 Å². The van der Waals surface area contributed by atoms with E-state index < -0.39 is 0 Å². The fraction of sp³-hybridized carbons (Fsp3) is 0.750. The van der Waals surface area contributed by atoms with Crippen LogP contribution < -0.4 is 5.32 Å². The summed E-state index contributed by atoms with van der Waals surface area (Å²) in [5, 5.41) is 6.88. The van der Waals surface area contributed by atoms with Crippen molar-refractivity contribution in [2.75, 3.05) is 13.1 Å². The third-order valence-corrected chi connectivity index (χ3v) is 4.08. The molecular weight excluding hydrogens is 218 g/mol. The molecule has 0 spiro atoms. The molecule has 0 aliphatic carbocycles. The summed E-state index contributed by atoms with van der Waals surface area (Å²) in [6.45, 7) is 12.0. The molecule has 3 nitrogen and oxygen atoms in total. The summed E-state index contributed by atoms with van der Waals surface area (Å²) in [5.74, 6) is 0. The Morgan fingerprint density at radius 1 is 1.62 bits per heavy atom. The van der Waals surface area contributed by atoms with E-state index in [9.17, 15) is 0 Å². The van der Waals surface area contributed by atoms with Crippen molar-refractivity contribution in [2.24, 2.45) is 0 Å². The summed E-state index contributed by atoms with van der Waals surface area (Å²) in [6, 6.07) is 0.577. The summed E-state index contributed by atoms with van der Waals surface area (Å²) < 4.78 is 0. The van der Waals surface area contributed by atoms with Gasteiger partial charge < -0.3 is 5.32 Å². The van der Waals surface area contributed by atoms with Crippen LogP contribution in [-0.2, 0) is 6.54 Å². The Kier molecular flexibility index (Phi) is 3.33. The molecule has 1 atom stereocenters. The number of hydrogen-bond donors (Lipinski definition) is 1. The molecule has 16 heavy (non-hydrogen) atoms. The van der Waals surface area contributed by atoms with Crippen LogP contribution >= 0.6 is 11.3 Å². The topological polar surface area (TPSA) is 28.2 Å². The Morgan fingerprint density at radius 2 is 2.38 bits per heavy atom. The predicted molar refractivity (Wildman–Crippen MR) is 68.8 cm³/mol. The van der Waals surface area contributed by atoms with Crippen LogP contribution in [0.5, 0.6) is 0 Å². The predicted octanol–water partition coefficient (Wildman–Crippen LogP) is 2.02. The van der Waals surface area contributed by atoms with Crippen molar-refractivity contribution in [2.45, 2.75) is 45.8 Å². The van der Waals surface area contributed by atoms with Crippen molar-refractivity contribution in [1.29, 1.82) is 0 Å². The normalized spacial score (nSPS) is 25.9. The molecule has 2 rings (SSSR count). The standard InChI is InChI=1S/C12H21N3S/c1-9-5-15(12(3,4)8-13-9)6-11-7-16-10(2)14-11/h7,9,13H,5-6,8H2,1-4H3. The van der Waals surface area contributed by atoms with Gasteiger partial charge >= 0.3 is 0 Å². The van der Waals surface area contributed by atoms with Crippen molar-refractivity contribution in [1.82, 2.24) is 15.2 Å². The second-order valence-electron chi connectivity index (χ2n) is 5.33. The first-order valence-corrected chi connectivity index (χ1v) is 6.75. The first kappa shape index (κ1) is 12.0. The lowest BCUT2D eigenvalue weighted by Crippen LogP contribution is -2.60. The van der Waals surface area contributed by atoms with Gasteiger partial charge in [-0.25, -0.2) is 4.98 Å². The molecule has 1 aromatic heterocycles. The molecule has 0 bridgehead atoms. The van der Waals surface area contributed by atoms with Crippen LogP contribution in [0.1, 0.15) is 31.5 Å². The molecule has 1 aliphatic heterocycles. The van der Waals surface area contributed by atoms with Crippen LogP contribution in [0.4, 0.5) is 0 Å². The minimum Gasteiger partial charge on any atom is -0.311 e. The van der Waals surface area contributed by atoms with Gasteiger partial charge in [0, 0.05) is 36.6 Å². The van der Waals surface area contributed by atoms with E-state index in [1.807, 2.05) is 0 Å². The van der Waals surface area contributed by atoms with Gasteiger partial charge in [0.1, 0.15) is 0 Å². The fourth-order valence-corrected chi connectivity index (χ4v) is 2.74. The van der Waals surface area contributed by atoms with E-state index in [2.05, 4.69) is 48.3 Å². The van der Waals surface area contributed by atoms with E-state index in [1.165, 1.54) is 5.69 Å². The molecular formula is C12H21N3S. The lowest BCUT2D eigenvalue weighted by Gasteiger charge is -2.45. The minimum absolute atomic E-state index is 0.226. The average Bonchev–Trinajstić information content (AvgIpc) is 2.59. The van der Waals surface area contributed by atoms with Gasteiger partial charge in [-0.15, -0.1) is 11.3 Å². The Morgan fingerprint density at radius 3 is 3.00 bits per heavy atom. The molecule has 1 aromatic rings. The SMILES string of the molecule is Cc1nc(CN2CC(C)NCC2(C)C)cs1. The zero-order valence-electron chi connectivity index (χ0n) is 10.6. The summed E-state index contributed by atoms with van der Waals surface area (Å²) in [5.41, 5.74) is 1.44. The summed E-state index contributed by atoms with van der Waals surface area (Å²) in [7, 11) is 0. The van der Waals surface area contributed by atoms with Crippen molar-refractivity contribution in [3.05, 3.63) is 16.1 Å². The van der Waals surface area contributed by atoms with Gasteiger partial charge in [-0.1, -0.05) is 0 Å². The Bertz CT molecular complexity index is 359. The number of aromatic nitrogens is 1. The highest BCUT2D eigenvalue weighted by Crippen LogP contribution is 2.21. The highest BCUT2D eigenvalue weighted by Gasteiger charge is 2.32. The number of rotatable bonds is 2. The largest absolute Gasteiger partial charge is 0.311 e. The molecule has 0 amide bonds. The maximum absolute atomic E-state index is 4.55. The number of piperazine rings is 1. The maximum Gasteiger partial charge on any atom is 0.0897 e. The molecule has 1 N–H and O–H groups in total. The summed E-state index contributed by atoms with van der Waals surface area (Å²) >= 11 is 1.74. The van der Waals surface area contributed by atoms with Crippen LogP contribution in [0.15, 0.2) is 5.38 Å². The first-order chi connectivity index (χ1) is 7.47. The number of nitrogens with one attached hydrogen (secondary N) is 1. The number of hydrogen-bond acceptors (Lipinski definition) is 4. The monoisotopic (exact) mass is 239 g/mol. The molecule has 4 heteroatoms. The third kappa shape index (κ3) is 2.62. The third-order valence-electron chi connectivity index (χ3n) is 3.25. The van der Waals surface area contributed by atoms with Gasteiger partial charge in [0.2, 0.25) is 0 Å². The fourth-order valence-electron chi connectivity index (χ4n) is 2.13. The number of aryl methyl sites for hydroxylation is 1. The Hall–Kier alpha value is -0.450. The van der Waals surface area contributed by atoms with E-state index in [1.54, 1.807) is 11.3 Å². The average molecular weight is 239 g/mol. The molecule has 90 valence electrons. The molecule has 1 fully saturated rings. The van der Waals surface area contributed by atoms with Gasteiger partial charge in [-0.2, -0.15) is 0 Å². The summed E-state index contributed by atoms with van der Waals surface area (Å²) in [6.07, 6.45) is 0. The van der Waals surface area contributed by atoms with Crippen molar-refractivity contribution in [3.8, 4) is 0 Å². The zero-order valence-corrected chi connectivity index (χ0v) is 11.4. The zero-order chi connectivity index (χ0) is 11.8. The Labute approximate surface area is 102 Å². The van der Waals surface area contributed by atoms with Gasteiger partial charge in [0.15, 0.2) is 0 Å². The van der Waals surface area contributed by atoms with Crippen LogP contribution in [0.2, 0.25) is 0 Å². The maximum atomic E-state index is 4.55. The lowest BCUT2D eigenvalue weighted by atomic mass is 9.97. The van der Waals surface area contributed by atoms with Gasteiger partial charge in [0.05, 0.1) is 10.7 Å². The summed E-state index contributed by atoms with van der Waals surface area (Å²) in [4.78, 5) is 7.08. The van der Waals surface area contributed by atoms with E-state index in [4.69, 9.17) is 0 Å². The quantitative estimate of drug-likeness (QED) is 0.856. The highest BCUT2D eigenvalue weighted by atomic mass is 32.1. The van der Waals surface area contributed by atoms with Crippen LogP contribution in [0.3, 0.4) is 0 Å². The van der Waals surface area contributed by atoms with Crippen LogP contribution in [-0.4, -0.2) is 34.6 Å². The second kappa shape index (κ2) is 4.43. The minimum atomic E-state index is 0.226. The molecule has 1 aliphatic rings. The van der Waals surface area contributed by atoms with E-state index in [0.717, 1.165) is 24.6 Å². The van der Waals surface area contributed by atoms with Gasteiger partial charge in [-0.3, -0.25) is 4.90 Å². The molecule has 0 aromatic carbocycles. The van der Waals surface area contributed by atoms with E-state index >= 15 is 0 Å². The lowest BCUT2D eigenvalue weighted by molar-refractivity contribution is 0.0616. The van der Waals surface area contributed by atoms with Crippen molar-refractivity contribution >= 4 is 11.3 Å². The highest BCUT2D eigenvalue weighted by molar-refractivity contribution is 7.09. The van der Waals surface area contributed by atoms with Crippen molar-refractivity contribution < 1.29 is 0 Å². The number of thiazole rings is 1. The first-order valence-electron chi connectivity index (χ1n) is 5.87. The molecule has 1 saturated heterocycles. The molecule has 0 saturated carbocycles. The van der Waals surface area contributed by atoms with E-state index in [0.29, 0.717) is 6.04 Å². The smallest absolute Gasteiger partial charge is 0.0897 e. The number of nitrogens with zero attached hydrogens (tertiary/aromatic N) is 2. The molecule has 1 unspecified atom stereocenters. The van der Waals surface area contributed by atoms with Crippen LogP contribution in [0.25, 0.3) is 0 Å². The van der Waals surface area contributed by atoms with Gasteiger partial charge in [0.25, 0.3) is 0 Å². The molecule has 2 heterocycles. The molecule has 0 radical (unpaired) electrons. The van der Waals surface area contributed by atoms with Gasteiger partial charge in [-0.05, 0) is 27.7 Å². The van der Waals surface area contributed by atoms with E-state index in [-0.39, 0.29) is 5.54 Å².